The molecule has 2 amide bonds. The summed E-state index contributed by atoms with van der Waals surface area (Å²) in [5, 5.41) is 7.49. The smallest absolute Gasteiger partial charge is 0.254 e. The topological polar surface area (TPSA) is 87.5 Å². The van der Waals surface area contributed by atoms with Crippen LogP contribution in [0.2, 0.25) is 0 Å². The van der Waals surface area contributed by atoms with Gasteiger partial charge < -0.3 is 21.3 Å². The molecule has 6 nitrogen and oxygen atoms in total. The fourth-order valence-electron chi connectivity index (χ4n) is 6.51. The standard InChI is InChI=1S/C26H42N4O2/c1-23(2)13-19(14-24(3,4)28-23)30(20-15-25(5,6)29-26(7,8)16-20)22(32)18-11-9-10-17(12-18)21(27)31/h9-12,19-20,28-29H,13-16H2,1-8H3,(H2,27,31). The predicted molar refractivity (Wildman–Crippen MR) is 130 cm³/mol. The Balaban J connectivity index is 2.06. The van der Waals surface area contributed by atoms with Crippen LogP contribution in [-0.2, 0) is 0 Å². The van der Waals surface area contributed by atoms with E-state index in [0.29, 0.717) is 11.1 Å². The maximum Gasteiger partial charge on any atom is 0.254 e. The third kappa shape index (κ3) is 5.70. The van der Waals surface area contributed by atoms with E-state index in [1.165, 1.54) is 0 Å². The number of nitrogens with two attached hydrogens (primary N) is 1. The van der Waals surface area contributed by atoms with Crippen molar-refractivity contribution in [3.05, 3.63) is 35.4 Å². The van der Waals surface area contributed by atoms with Crippen LogP contribution in [0, 0.1) is 0 Å². The van der Waals surface area contributed by atoms with E-state index < -0.39 is 5.91 Å². The third-order valence-electron chi connectivity index (χ3n) is 6.75. The van der Waals surface area contributed by atoms with Gasteiger partial charge in [0.15, 0.2) is 0 Å². The van der Waals surface area contributed by atoms with Crippen molar-refractivity contribution in [3.8, 4) is 0 Å². The van der Waals surface area contributed by atoms with Crippen molar-refractivity contribution < 1.29 is 9.59 Å². The summed E-state index contributed by atoms with van der Waals surface area (Å²) in [5.74, 6) is -0.524. The van der Waals surface area contributed by atoms with Crippen LogP contribution in [0.15, 0.2) is 24.3 Å². The van der Waals surface area contributed by atoms with Gasteiger partial charge in [-0.05, 0) is 99.3 Å². The molecule has 32 heavy (non-hydrogen) atoms. The Morgan fingerprint density at radius 2 is 1.16 bits per heavy atom. The molecule has 0 bridgehead atoms. The molecule has 0 aliphatic carbocycles. The van der Waals surface area contributed by atoms with Crippen LogP contribution in [0.5, 0.6) is 0 Å². The molecule has 6 heteroatoms. The second-order valence-electron chi connectivity index (χ2n) is 12.6. The molecule has 1 aromatic carbocycles. The third-order valence-corrected chi connectivity index (χ3v) is 6.75. The van der Waals surface area contributed by atoms with E-state index in [1.54, 1.807) is 24.3 Å². The Labute approximate surface area is 193 Å². The molecule has 0 unspecified atom stereocenters. The van der Waals surface area contributed by atoms with Crippen LogP contribution < -0.4 is 16.4 Å². The summed E-state index contributed by atoms with van der Waals surface area (Å²) >= 11 is 0. The number of nitrogens with one attached hydrogen (secondary N) is 2. The van der Waals surface area contributed by atoms with Gasteiger partial charge in [-0.1, -0.05) is 6.07 Å². The number of benzene rings is 1. The lowest BCUT2D eigenvalue weighted by Crippen LogP contribution is -2.67. The van der Waals surface area contributed by atoms with Gasteiger partial charge in [0.25, 0.3) is 5.91 Å². The monoisotopic (exact) mass is 442 g/mol. The van der Waals surface area contributed by atoms with E-state index in [2.05, 4.69) is 70.9 Å². The fourth-order valence-corrected chi connectivity index (χ4v) is 6.51. The average molecular weight is 443 g/mol. The van der Waals surface area contributed by atoms with E-state index in [-0.39, 0.29) is 40.1 Å². The fraction of sp³-hybridized carbons (Fsp3) is 0.692. The molecule has 0 atom stereocenters. The van der Waals surface area contributed by atoms with Gasteiger partial charge in [-0.25, -0.2) is 0 Å². The summed E-state index contributed by atoms with van der Waals surface area (Å²) in [6, 6.07) is 7.05. The highest BCUT2D eigenvalue weighted by Crippen LogP contribution is 2.38. The van der Waals surface area contributed by atoms with Gasteiger partial charge in [0.2, 0.25) is 5.91 Å². The summed E-state index contributed by atoms with van der Waals surface area (Å²) < 4.78 is 0. The van der Waals surface area contributed by atoms with Crippen molar-refractivity contribution in [2.45, 2.75) is 115 Å². The Hall–Kier alpha value is -1.92. The van der Waals surface area contributed by atoms with Crippen LogP contribution in [0.1, 0.15) is 102 Å². The minimum absolute atomic E-state index is 0.00917. The van der Waals surface area contributed by atoms with Gasteiger partial charge in [-0.2, -0.15) is 0 Å². The van der Waals surface area contributed by atoms with Crippen molar-refractivity contribution >= 4 is 11.8 Å². The predicted octanol–water partition coefficient (Wildman–Crippen LogP) is 3.85. The van der Waals surface area contributed by atoms with Gasteiger partial charge in [0.1, 0.15) is 0 Å². The minimum Gasteiger partial charge on any atom is -0.366 e. The van der Waals surface area contributed by atoms with Crippen molar-refractivity contribution in [1.29, 1.82) is 0 Å². The number of carbonyl (C=O) groups is 2. The molecular weight excluding hydrogens is 400 g/mol. The average Bonchev–Trinajstić information content (AvgIpc) is 2.56. The first-order valence-corrected chi connectivity index (χ1v) is 11.8. The number of hydrogen-bond acceptors (Lipinski definition) is 4. The first kappa shape index (κ1) is 24.7. The van der Waals surface area contributed by atoms with Gasteiger partial charge in [-0.15, -0.1) is 0 Å². The molecule has 0 spiro atoms. The zero-order chi connectivity index (χ0) is 24.1. The van der Waals surface area contributed by atoms with Crippen LogP contribution in [0.3, 0.4) is 0 Å². The Morgan fingerprint density at radius 3 is 1.53 bits per heavy atom. The Kier molecular flexibility index (Phi) is 6.29. The summed E-state index contributed by atoms with van der Waals surface area (Å²) in [6.07, 6.45) is 3.51. The molecule has 1 aromatic rings. The largest absolute Gasteiger partial charge is 0.366 e. The highest BCUT2D eigenvalue weighted by atomic mass is 16.2. The first-order chi connectivity index (χ1) is 14.5. The number of primary amides is 1. The van der Waals surface area contributed by atoms with E-state index in [9.17, 15) is 9.59 Å². The SMILES string of the molecule is CC1(C)CC(N(C(=O)c2cccc(C(N)=O)c2)C2CC(C)(C)NC(C)(C)C2)CC(C)(C)N1. The van der Waals surface area contributed by atoms with Crippen LogP contribution in [-0.4, -0.2) is 51.0 Å². The molecule has 2 aliphatic heterocycles. The van der Waals surface area contributed by atoms with Crippen LogP contribution >= 0.6 is 0 Å². The Morgan fingerprint density at radius 1 is 0.781 bits per heavy atom. The molecule has 2 fully saturated rings. The van der Waals surface area contributed by atoms with Crippen molar-refractivity contribution in [2.75, 3.05) is 0 Å². The van der Waals surface area contributed by atoms with Gasteiger partial charge in [0.05, 0.1) is 0 Å². The molecule has 0 aromatic heterocycles. The number of piperidine rings is 2. The highest BCUT2D eigenvalue weighted by molar-refractivity contribution is 5.99. The van der Waals surface area contributed by atoms with Gasteiger partial charge in [-0.3, -0.25) is 9.59 Å². The molecule has 2 heterocycles. The quantitative estimate of drug-likeness (QED) is 0.661. The molecular formula is C26H42N4O2. The normalized spacial score (nSPS) is 24.6. The maximum atomic E-state index is 14.1. The molecule has 2 saturated heterocycles. The molecule has 178 valence electrons. The molecule has 2 aliphatic rings. The van der Waals surface area contributed by atoms with Gasteiger partial charge >= 0.3 is 0 Å². The molecule has 4 N–H and O–H groups in total. The maximum absolute atomic E-state index is 14.1. The molecule has 0 radical (unpaired) electrons. The zero-order valence-corrected chi connectivity index (χ0v) is 21.1. The lowest BCUT2D eigenvalue weighted by atomic mass is 9.75. The van der Waals surface area contributed by atoms with Gasteiger partial charge in [0, 0.05) is 45.4 Å². The van der Waals surface area contributed by atoms with E-state index in [4.69, 9.17) is 5.73 Å². The summed E-state index contributed by atoms with van der Waals surface area (Å²) in [6.45, 7) is 17.7. The number of hydrogen-bond donors (Lipinski definition) is 3. The summed E-state index contributed by atoms with van der Waals surface area (Å²) in [7, 11) is 0. The second kappa shape index (κ2) is 8.14. The van der Waals surface area contributed by atoms with Crippen molar-refractivity contribution in [1.82, 2.24) is 15.5 Å². The number of rotatable bonds is 4. The summed E-state index contributed by atoms with van der Waals surface area (Å²) in [4.78, 5) is 28.0. The lowest BCUT2D eigenvalue weighted by Gasteiger charge is -2.55. The summed E-state index contributed by atoms with van der Waals surface area (Å²) in [5.41, 5.74) is 6.07. The first-order valence-electron chi connectivity index (χ1n) is 11.8. The molecule has 0 saturated carbocycles. The van der Waals surface area contributed by atoms with E-state index in [0.717, 1.165) is 25.7 Å². The molecule has 3 rings (SSSR count). The van der Waals surface area contributed by atoms with Crippen molar-refractivity contribution in [3.63, 3.8) is 0 Å². The van der Waals surface area contributed by atoms with E-state index >= 15 is 0 Å². The Bertz CT molecular complexity index is 818. The van der Waals surface area contributed by atoms with E-state index in [1.807, 2.05) is 0 Å². The lowest BCUT2D eigenvalue weighted by molar-refractivity contribution is 0.00363. The van der Waals surface area contributed by atoms with Crippen molar-refractivity contribution in [2.24, 2.45) is 5.73 Å². The minimum atomic E-state index is -0.514. The number of carbonyl (C=O) groups excluding carboxylic acids is 2. The highest BCUT2D eigenvalue weighted by Gasteiger charge is 2.47. The van der Waals surface area contributed by atoms with Crippen LogP contribution in [0.25, 0.3) is 0 Å². The second-order valence-corrected chi connectivity index (χ2v) is 12.6. The number of nitrogens with zero attached hydrogens (tertiary/aromatic N) is 1. The van der Waals surface area contributed by atoms with Crippen LogP contribution in [0.4, 0.5) is 0 Å². The zero-order valence-electron chi connectivity index (χ0n) is 21.1. The number of amides is 2.